The van der Waals surface area contributed by atoms with Gasteiger partial charge in [-0.15, -0.1) is 0 Å². The van der Waals surface area contributed by atoms with Gasteiger partial charge in [0.1, 0.15) is 11.6 Å². The van der Waals surface area contributed by atoms with E-state index in [1.165, 1.54) is 0 Å². The summed E-state index contributed by atoms with van der Waals surface area (Å²) >= 11 is 0. The smallest absolute Gasteiger partial charge is 0.217 e. The Kier molecular flexibility index (Phi) is 3.41. The summed E-state index contributed by atoms with van der Waals surface area (Å²) in [4.78, 5) is 4.50. The van der Waals surface area contributed by atoms with Gasteiger partial charge in [-0.25, -0.2) is 4.98 Å². The van der Waals surface area contributed by atoms with Gasteiger partial charge in [-0.1, -0.05) is 19.1 Å². The quantitative estimate of drug-likeness (QED) is 0.769. The van der Waals surface area contributed by atoms with Crippen LogP contribution in [0.25, 0.3) is 11.1 Å². The van der Waals surface area contributed by atoms with Crippen LogP contribution in [0.15, 0.2) is 41.1 Å². The average molecular weight is 270 g/mol. The van der Waals surface area contributed by atoms with Crippen molar-refractivity contribution in [3.05, 3.63) is 42.5 Å². The number of rotatable bonds is 5. The Morgan fingerprint density at radius 1 is 1.35 bits per heavy atom. The van der Waals surface area contributed by atoms with Crippen molar-refractivity contribution in [2.45, 2.75) is 32.9 Å². The van der Waals surface area contributed by atoms with Crippen LogP contribution in [-0.2, 0) is 6.54 Å². The lowest BCUT2D eigenvalue weighted by atomic mass is 10.3. The highest BCUT2D eigenvalue weighted by Crippen LogP contribution is 2.22. The van der Waals surface area contributed by atoms with E-state index in [4.69, 9.17) is 4.42 Å². The van der Waals surface area contributed by atoms with Crippen molar-refractivity contribution in [1.82, 2.24) is 14.8 Å². The van der Waals surface area contributed by atoms with E-state index in [9.17, 15) is 0 Å². The molecule has 2 heterocycles. The fourth-order valence-electron chi connectivity index (χ4n) is 2.18. The summed E-state index contributed by atoms with van der Waals surface area (Å²) in [5, 5.41) is 7.66. The number of para-hydroxylation sites is 2. The third-order valence-corrected chi connectivity index (χ3v) is 3.15. The fourth-order valence-corrected chi connectivity index (χ4v) is 2.18. The van der Waals surface area contributed by atoms with E-state index in [1.54, 1.807) is 0 Å². The summed E-state index contributed by atoms with van der Waals surface area (Å²) in [6, 6.07) is 7.79. The number of nitrogens with one attached hydrogen (secondary N) is 1. The van der Waals surface area contributed by atoms with Crippen molar-refractivity contribution in [1.29, 1.82) is 0 Å². The number of nitrogens with zero attached hydrogens (tertiary/aromatic N) is 3. The fraction of sp³-hybridized carbons (Fsp3) is 0.333. The Morgan fingerprint density at radius 2 is 2.20 bits per heavy atom. The van der Waals surface area contributed by atoms with E-state index in [2.05, 4.69) is 22.3 Å². The zero-order valence-corrected chi connectivity index (χ0v) is 11.7. The molecule has 104 valence electrons. The number of oxazole rings is 1. The number of aromatic nitrogens is 3. The molecule has 0 amide bonds. The second-order valence-electron chi connectivity index (χ2n) is 4.88. The SMILES string of the molecule is CCCn1cc(NC(C)c2nc3ccccc3o2)cn1. The first-order chi connectivity index (χ1) is 9.76. The maximum atomic E-state index is 5.76. The zero-order chi connectivity index (χ0) is 13.9. The topological polar surface area (TPSA) is 55.9 Å². The predicted octanol–water partition coefficient (Wildman–Crippen LogP) is 3.61. The highest BCUT2D eigenvalue weighted by atomic mass is 16.3. The minimum atomic E-state index is 0.00155. The molecule has 3 rings (SSSR count). The first-order valence-electron chi connectivity index (χ1n) is 6.90. The molecule has 3 aromatic rings. The van der Waals surface area contributed by atoms with Crippen molar-refractivity contribution < 1.29 is 4.42 Å². The minimum absolute atomic E-state index is 0.00155. The Bertz CT molecular complexity index is 668. The van der Waals surface area contributed by atoms with Gasteiger partial charge in [0.25, 0.3) is 0 Å². The lowest BCUT2D eigenvalue weighted by molar-refractivity contribution is 0.506. The van der Waals surface area contributed by atoms with E-state index in [0.29, 0.717) is 5.89 Å². The standard InChI is InChI=1S/C15H18N4O/c1-3-8-19-10-12(9-16-19)17-11(2)15-18-13-6-4-5-7-14(13)20-15/h4-7,9-11,17H,3,8H2,1-2H3. The molecule has 20 heavy (non-hydrogen) atoms. The van der Waals surface area contributed by atoms with Crippen LogP contribution in [0.2, 0.25) is 0 Å². The Labute approximate surface area is 117 Å². The van der Waals surface area contributed by atoms with Gasteiger partial charge in [-0.3, -0.25) is 4.68 Å². The van der Waals surface area contributed by atoms with Gasteiger partial charge in [-0.2, -0.15) is 5.10 Å². The van der Waals surface area contributed by atoms with Crippen molar-refractivity contribution in [2.24, 2.45) is 0 Å². The van der Waals surface area contributed by atoms with Crippen molar-refractivity contribution in [3.8, 4) is 0 Å². The molecule has 0 aliphatic rings. The van der Waals surface area contributed by atoms with Gasteiger partial charge >= 0.3 is 0 Å². The number of fused-ring (bicyclic) bond motifs is 1. The molecule has 5 heteroatoms. The zero-order valence-electron chi connectivity index (χ0n) is 11.7. The van der Waals surface area contributed by atoms with E-state index < -0.39 is 0 Å². The largest absolute Gasteiger partial charge is 0.438 e. The summed E-state index contributed by atoms with van der Waals surface area (Å²) in [5.41, 5.74) is 2.68. The Balaban J connectivity index is 1.75. The van der Waals surface area contributed by atoms with Gasteiger partial charge in [0.05, 0.1) is 11.9 Å². The molecule has 0 bridgehead atoms. The summed E-state index contributed by atoms with van der Waals surface area (Å²) in [7, 11) is 0. The molecule has 1 N–H and O–H groups in total. The molecule has 2 aromatic heterocycles. The van der Waals surface area contributed by atoms with Crippen LogP contribution in [0.1, 0.15) is 32.2 Å². The molecule has 0 saturated carbocycles. The third-order valence-electron chi connectivity index (χ3n) is 3.15. The monoisotopic (exact) mass is 270 g/mol. The normalized spacial score (nSPS) is 12.7. The van der Waals surface area contributed by atoms with E-state index in [-0.39, 0.29) is 6.04 Å². The summed E-state index contributed by atoms with van der Waals surface area (Å²) in [5.74, 6) is 0.689. The molecule has 0 aliphatic heterocycles. The van der Waals surface area contributed by atoms with Crippen molar-refractivity contribution in [3.63, 3.8) is 0 Å². The maximum absolute atomic E-state index is 5.76. The molecule has 1 atom stereocenters. The van der Waals surface area contributed by atoms with E-state index >= 15 is 0 Å². The van der Waals surface area contributed by atoms with Crippen LogP contribution in [-0.4, -0.2) is 14.8 Å². The lowest BCUT2D eigenvalue weighted by Crippen LogP contribution is -2.06. The van der Waals surface area contributed by atoms with Crippen molar-refractivity contribution in [2.75, 3.05) is 5.32 Å². The summed E-state index contributed by atoms with van der Waals surface area (Å²) in [6.45, 7) is 5.09. The van der Waals surface area contributed by atoms with Crippen molar-refractivity contribution >= 4 is 16.8 Å². The minimum Gasteiger partial charge on any atom is -0.438 e. The molecule has 0 radical (unpaired) electrons. The third kappa shape index (κ3) is 2.52. The molecule has 0 spiro atoms. The number of hydrogen-bond acceptors (Lipinski definition) is 4. The van der Waals surface area contributed by atoms with Gasteiger partial charge in [0, 0.05) is 12.7 Å². The van der Waals surface area contributed by atoms with Crippen LogP contribution >= 0.6 is 0 Å². The van der Waals surface area contributed by atoms with Crippen LogP contribution in [0.5, 0.6) is 0 Å². The Morgan fingerprint density at radius 3 is 3.00 bits per heavy atom. The number of hydrogen-bond donors (Lipinski definition) is 1. The predicted molar refractivity (Wildman–Crippen MR) is 78.6 cm³/mol. The first kappa shape index (κ1) is 12.7. The molecular formula is C15H18N4O. The van der Waals surface area contributed by atoms with Gasteiger partial charge < -0.3 is 9.73 Å². The Hall–Kier alpha value is -2.30. The van der Waals surface area contributed by atoms with E-state index in [0.717, 1.165) is 29.8 Å². The van der Waals surface area contributed by atoms with E-state index in [1.807, 2.05) is 48.3 Å². The number of benzene rings is 1. The van der Waals surface area contributed by atoms with Crippen LogP contribution in [0, 0.1) is 0 Å². The second kappa shape index (κ2) is 5.36. The van der Waals surface area contributed by atoms with Gasteiger partial charge in [-0.05, 0) is 25.5 Å². The molecule has 1 unspecified atom stereocenters. The maximum Gasteiger partial charge on any atom is 0.217 e. The molecule has 0 fully saturated rings. The number of aryl methyl sites for hydroxylation is 1. The molecule has 1 aromatic carbocycles. The van der Waals surface area contributed by atoms with Gasteiger partial charge in [0.15, 0.2) is 5.58 Å². The van der Waals surface area contributed by atoms with Crippen LogP contribution in [0.4, 0.5) is 5.69 Å². The van der Waals surface area contributed by atoms with Gasteiger partial charge in [0.2, 0.25) is 5.89 Å². The summed E-state index contributed by atoms with van der Waals surface area (Å²) < 4.78 is 7.69. The first-order valence-corrected chi connectivity index (χ1v) is 6.90. The highest BCUT2D eigenvalue weighted by molar-refractivity contribution is 5.72. The van der Waals surface area contributed by atoms with Crippen LogP contribution < -0.4 is 5.32 Å². The molecule has 5 nitrogen and oxygen atoms in total. The molecule has 0 saturated heterocycles. The molecule has 0 aliphatic carbocycles. The second-order valence-corrected chi connectivity index (χ2v) is 4.88. The summed E-state index contributed by atoms with van der Waals surface area (Å²) in [6.07, 6.45) is 4.90. The lowest BCUT2D eigenvalue weighted by Gasteiger charge is -2.08. The average Bonchev–Trinajstić information content (AvgIpc) is 3.05. The molecular weight excluding hydrogens is 252 g/mol. The number of anilines is 1. The highest BCUT2D eigenvalue weighted by Gasteiger charge is 2.13. The van der Waals surface area contributed by atoms with Crippen LogP contribution in [0.3, 0.4) is 0 Å².